The number of hydrogen-bond donors (Lipinski definition) is 1. The summed E-state index contributed by atoms with van der Waals surface area (Å²) in [5, 5.41) is 3.61. The van der Waals surface area contributed by atoms with E-state index < -0.39 is 0 Å². The molecule has 2 aromatic carbocycles. The minimum Gasteiger partial charge on any atom is -0.310 e. The highest BCUT2D eigenvalue weighted by atomic mass is 16.2. The van der Waals surface area contributed by atoms with Gasteiger partial charge >= 0.3 is 6.03 Å². The highest BCUT2D eigenvalue weighted by Gasteiger charge is 2.56. The standard InChI is InChI=1S/C25H31N5O2/c1-18-15-28(14-13-19-9-5-3-6-10-19)24-26-22-21(29(24)16-18)23(31)30(25(32)27(22)2)17-20-11-7-4-8-12-20/h3-12,18,21-22,24,26H,13-17H2,1-2H3. The van der Waals surface area contributed by atoms with Crippen LogP contribution in [0.15, 0.2) is 60.7 Å². The van der Waals surface area contributed by atoms with Crippen molar-refractivity contribution in [1.29, 1.82) is 0 Å². The fourth-order valence-corrected chi connectivity index (χ4v) is 5.33. The van der Waals surface area contributed by atoms with Gasteiger partial charge in [0.25, 0.3) is 5.91 Å². The first-order valence-electron chi connectivity index (χ1n) is 11.4. The molecule has 3 heterocycles. The van der Waals surface area contributed by atoms with E-state index >= 15 is 0 Å². The van der Waals surface area contributed by atoms with E-state index in [0.717, 1.165) is 31.6 Å². The van der Waals surface area contributed by atoms with E-state index in [9.17, 15) is 9.59 Å². The highest BCUT2D eigenvalue weighted by Crippen LogP contribution is 2.32. The molecule has 7 nitrogen and oxygen atoms in total. The van der Waals surface area contributed by atoms with Gasteiger partial charge in [0.1, 0.15) is 18.5 Å². The molecule has 3 saturated heterocycles. The van der Waals surface area contributed by atoms with Crippen LogP contribution in [0, 0.1) is 5.92 Å². The maximum atomic E-state index is 13.6. The third-order valence-corrected chi connectivity index (χ3v) is 6.89. The van der Waals surface area contributed by atoms with Crippen LogP contribution in [-0.2, 0) is 17.8 Å². The van der Waals surface area contributed by atoms with Crippen molar-refractivity contribution in [2.75, 3.05) is 26.7 Å². The molecule has 1 N–H and O–H groups in total. The van der Waals surface area contributed by atoms with Crippen LogP contribution < -0.4 is 5.32 Å². The van der Waals surface area contributed by atoms with Crippen LogP contribution in [0.3, 0.4) is 0 Å². The predicted molar refractivity (Wildman–Crippen MR) is 122 cm³/mol. The van der Waals surface area contributed by atoms with Gasteiger partial charge < -0.3 is 4.90 Å². The molecule has 0 radical (unpaired) electrons. The van der Waals surface area contributed by atoms with Gasteiger partial charge in [-0.05, 0) is 23.5 Å². The van der Waals surface area contributed by atoms with Crippen molar-refractivity contribution < 1.29 is 9.59 Å². The lowest BCUT2D eigenvalue weighted by Gasteiger charge is -2.45. The summed E-state index contributed by atoms with van der Waals surface area (Å²) in [5.74, 6) is 0.343. The van der Waals surface area contributed by atoms with Gasteiger partial charge in [0.15, 0.2) is 0 Å². The van der Waals surface area contributed by atoms with Gasteiger partial charge in [0.2, 0.25) is 0 Å². The van der Waals surface area contributed by atoms with Crippen LogP contribution in [0.1, 0.15) is 18.1 Å². The fourth-order valence-electron chi connectivity index (χ4n) is 5.33. The number of imide groups is 1. The van der Waals surface area contributed by atoms with E-state index in [2.05, 4.69) is 46.3 Å². The molecule has 0 saturated carbocycles. The maximum Gasteiger partial charge on any atom is 0.328 e. The molecule has 5 rings (SSSR count). The number of fused-ring (bicyclic) bond motifs is 3. The topological polar surface area (TPSA) is 59.1 Å². The minimum absolute atomic E-state index is 0.0409. The zero-order valence-corrected chi connectivity index (χ0v) is 18.7. The first-order valence-corrected chi connectivity index (χ1v) is 11.4. The first kappa shape index (κ1) is 21.1. The van der Waals surface area contributed by atoms with Crippen molar-refractivity contribution in [3.63, 3.8) is 0 Å². The summed E-state index contributed by atoms with van der Waals surface area (Å²) in [6.45, 7) is 5.26. The van der Waals surface area contributed by atoms with E-state index in [1.807, 2.05) is 36.4 Å². The molecule has 168 valence electrons. The molecular weight excluding hydrogens is 402 g/mol. The van der Waals surface area contributed by atoms with Crippen LogP contribution >= 0.6 is 0 Å². The Morgan fingerprint density at radius 1 is 0.938 bits per heavy atom. The lowest BCUT2D eigenvalue weighted by Crippen LogP contribution is -2.66. The lowest BCUT2D eigenvalue weighted by atomic mass is 10.0. The van der Waals surface area contributed by atoms with E-state index in [4.69, 9.17) is 0 Å². The van der Waals surface area contributed by atoms with Crippen molar-refractivity contribution in [2.45, 2.75) is 38.4 Å². The molecule has 0 spiro atoms. The number of carbonyl (C=O) groups is 2. The summed E-state index contributed by atoms with van der Waals surface area (Å²) < 4.78 is 0. The molecule has 3 aliphatic rings. The van der Waals surface area contributed by atoms with Gasteiger partial charge in [-0.25, -0.2) is 4.79 Å². The van der Waals surface area contributed by atoms with Crippen molar-refractivity contribution in [2.24, 2.45) is 5.92 Å². The second kappa shape index (κ2) is 8.65. The molecule has 32 heavy (non-hydrogen) atoms. The number of likely N-dealkylation sites (N-methyl/N-ethyl adjacent to an activating group) is 1. The van der Waals surface area contributed by atoms with Gasteiger partial charge in [-0.2, -0.15) is 0 Å². The normalized spacial score (nSPS) is 28.7. The minimum atomic E-state index is -0.367. The van der Waals surface area contributed by atoms with E-state index in [1.165, 1.54) is 10.5 Å². The monoisotopic (exact) mass is 433 g/mol. The van der Waals surface area contributed by atoms with Gasteiger partial charge in [-0.1, -0.05) is 67.6 Å². The Hall–Kier alpha value is -2.74. The summed E-state index contributed by atoms with van der Waals surface area (Å²) in [6.07, 6.45) is 0.606. The van der Waals surface area contributed by atoms with E-state index in [1.54, 1.807) is 11.9 Å². The Labute approximate surface area is 189 Å². The molecule has 3 fully saturated rings. The Kier molecular flexibility index (Phi) is 5.71. The molecule has 3 amide bonds. The average Bonchev–Trinajstić information content (AvgIpc) is 3.20. The van der Waals surface area contributed by atoms with Crippen LogP contribution in [0.4, 0.5) is 4.79 Å². The molecular formula is C25H31N5O2. The molecule has 4 atom stereocenters. The number of benzene rings is 2. The second-order valence-corrected chi connectivity index (χ2v) is 9.27. The summed E-state index contributed by atoms with van der Waals surface area (Å²) >= 11 is 0. The Morgan fingerprint density at radius 3 is 2.28 bits per heavy atom. The van der Waals surface area contributed by atoms with Crippen LogP contribution in [0.2, 0.25) is 0 Å². The van der Waals surface area contributed by atoms with Crippen molar-refractivity contribution in [3.05, 3.63) is 71.8 Å². The van der Waals surface area contributed by atoms with Crippen LogP contribution in [0.25, 0.3) is 0 Å². The Balaban J connectivity index is 1.36. The number of carbonyl (C=O) groups excluding carboxylic acids is 2. The van der Waals surface area contributed by atoms with E-state index in [0.29, 0.717) is 12.5 Å². The molecule has 0 aliphatic carbocycles. The third kappa shape index (κ3) is 3.81. The summed E-state index contributed by atoms with van der Waals surface area (Å²) in [7, 11) is 1.80. The number of rotatable bonds is 5. The number of hydrogen-bond acceptors (Lipinski definition) is 5. The van der Waals surface area contributed by atoms with Gasteiger partial charge in [-0.3, -0.25) is 24.8 Å². The summed E-state index contributed by atoms with van der Waals surface area (Å²) in [5.41, 5.74) is 2.27. The van der Waals surface area contributed by atoms with Crippen molar-refractivity contribution >= 4 is 11.9 Å². The number of nitrogens with zero attached hydrogens (tertiary/aromatic N) is 4. The molecule has 7 heteroatoms. The molecule has 0 aromatic heterocycles. The number of nitrogens with one attached hydrogen (secondary N) is 1. The zero-order chi connectivity index (χ0) is 22.2. The van der Waals surface area contributed by atoms with Crippen LogP contribution in [-0.4, -0.2) is 76.7 Å². The van der Waals surface area contributed by atoms with Gasteiger partial charge in [0.05, 0.1) is 6.54 Å². The van der Waals surface area contributed by atoms with Gasteiger partial charge in [0, 0.05) is 26.7 Å². The molecule has 3 aliphatic heterocycles. The number of amides is 3. The summed E-state index contributed by atoms with van der Waals surface area (Å²) in [4.78, 5) is 34.5. The molecule has 0 bridgehead atoms. The van der Waals surface area contributed by atoms with Crippen molar-refractivity contribution in [3.8, 4) is 0 Å². The Bertz CT molecular complexity index is 969. The second-order valence-electron chi connectivity index (χ2n) is 9.27. The first-order chi connectivity index (χ1) is 15.5. The Morgan fingerprint density at radius 2 is 1.59 bits per heavy atom. The number of urea groups is 1. The predicted octanol–water partition coefficient (Wildman–Crippen LogP) is 2.16. The highest BCUT2D eigenvalue weighted by molar-refractivity contribution is 6.00. The van der Waals surface area contributed by atoms with Crippen LogP contribution in [0.5, 0.6) is 0 Å². The van der Waals surface area contributed by atoms with E-state index in [-0.39, 0.29) is 30.4 Å². The molecule has 4 unspecified atom stereocenters. The zero-order valence-electron chi connectivity index (χ0n) is 18.7. The summed E-state index contributed by atoms with van der Waals surface area (Å²) in [6, 6.07) is 19.6. The average molecular weight is 434 g/mol. The maximum absolute atomic E-state index is 13.6. The fraction of sp³-hybridized carbons (Fsp3) is 0.440. The SMILES string of the molecule is CC1CN(CCc2ccccc2)C2NC3C(C(=O)N(Cc4ccccc4)C(=O)N3C)N2C1. The quantitative estimate of drug-likeness (QED) is 0.783. The lowest BCUT2D eigenvalue weighted by molar-refractivity contribution is -0.141. The third-order valence-electron chi connectivity index (χ3n) is 6.89. The largest absolute Gasteiger partial charge is 0.328 e. The van der Waals surface area contributed by atoms with Gasteiger partial charge in [-0.15, -0.1) is 0 Å². The molecule has 2 aromatic rings. The van der Waals surface area contributed by atoms with Crippen molar-refractivity contribution in [1.82, 2.24) is 24.9 Å². The smallest absolute Gasteiger partial charge is 0.310 e.